The largest absolute Gasteiger partial charge is 0.282 e. The molecule has 0 aliphatic heterocycles. The zero-order valence-electron chi connectivity index (χ0n) is 17.2. The number of aromatic nitrogens is 2. The van der Waals surface area contributed by atoms with Gasteiger partial charge in [-0.05, 0) is 42.8 Å². The third-order valence-electron chi connectivity index (χ3n) is 4.83. The molecule has 0 radical (unpaired) electrons. The van der Waals surface area contributed by atoms with Gasteiger partial charge in [0.2, 0.25) is 0 Å². The van der Waals surface area contributed by atoms with E-state index in [2.05, 4.69) is 46.2 Å². The van der Waals surface area contributed by atoms with Gasteiger partial charge in [0, 0.05) is 26.2 Å². The van der Waals surface area contributed by atoms with Crippen molar-refractivity contribution in [3.8, 4) is 0 Å². The van der Waals surface area contributed by atoms with Gasteiger partial charge in [0.25, 0.3) is 5.56 Å². The predicted octanol–water partition coefficient (Wildman–Crippen LogP) is 6.54. The molecular formula is C25H22BrN3OS. The van der Waals surface area contributed by atoms with E-state index in [0.29, 0.717) is 23.1 Å². The van der Waals surface area contributed by atoms with E-state index < -0.39 is 0 Å². The fourth-order valence-electron chi connectivity index (χ4n) is 3.23. The van der Waals surface area contributed by atoms with Crippen molar-refractivity contribution in [1.82, 2.24) is 9.66 Å². The monoisotopic (exact) mass is 491 g/mol. The molecule has 0 saturated carbocycles. The molecule has 0 bridgehead atoms. The van der Waals surface area contributed by atoms with Crippen LogP contribution in [0.5, 0.6) is 0 Å². The van der Waals surface area contributed by atoms with E-state index in [1.807, 2.05) is 48.5 Å². The third kappa shape index (κ3) is 5.14. The van der Waals surface area contributed by atoms with Crippen LogP contribution in [0.2, 0.25) is 0 Å². The zero-order valence-corrected chi connectivity index (χ0v) is 19.6. The summed E-state index contributed by atoms with van der Waals surface area (Å²) in [6, 6.07) is 23.9. The molecule has 31 heavy (non-hydrogen) atoms. The molecule has 0 amide bonds. The normalized spacial score (nSPS) is 11.4. The van der Waals surface area contributed by atoms with Gasteiger partial charge in [0.1, 0.15) is 5.82 Å². The molecule has 4 rings (SSSR count). The molecule has 0 fully saturated rings. The Labute approximate surface area is 194 Å². The molecule has 4 aromatic rings. The van der Waals surface area contributed by atoms with Crippen LogP contribution in [0.3, 0.4) is 0 Å². The Hall–Kier alpha value is -2.70. The third-order valence-corrected chi connectivity index (χ3v) is 6.42. The first-order valence-corrected chi connectivity index (χ1v) is 11.8. The number of fused-ring (bicyclic) bond motifs is 1. The summed E-state index contributed by atoms with van der Waals surface area (Å²) in [7, 11) is 0. The molecule has 156 valence electrons. The Balaban J connectivity index is 1.76. The van der Waals surface area contributed by atoms with Crippen LogP contribution in [0.1, 0.15) is 31.2 Å². The Morgan fingerprint density at radius 2 is 1.84 bits per heavy atom. The summed E-state index contributed by atoms with van der Waals surface area (Å²) < 4.78 is 2.30. The van der Waals surface area contributed by atoms with Gasteiger partial charge in [-0.2, -0.15) is 9.78 Å². The second kappa shape index (κ2) is 10.1. The van der Waals surface area contributed by atoms with Crippen LogP contribution in [0.15, 0.2) is 97.0 Å². The number of aryl methyl sites for hydroxylation is 1. The molecule has 1 heterocycles. The number of hydrogen-bond donors (Lipinski definition) is 0. The number of benzene rings is 3. The summed E-state index contributed by atoms with van der Waals surface area (Å²) >= 11 is 5.13. The summed E-state index contributed by atoms with van der Waals surface area (Å²) in [5.74, 6) is 0.686. The first kappa shape index (κ1) is 21.5. The molecule has 6 heteroatoms. The van der Waals surface area contributed by atoms with E-state index in [1.165, 1.54) is 4.68 Å². The second-order valence-corrected chi connectivity index (χ2v) is 9.14. The fourth-order valence-corrected chi connectivity index (χ4v) is 4.52. The van der Waals surface area contributed by atoms with E-state index in [-0.39, 0.29) is 5.56 Å². The molecule has 4 nitrogen and oxygen atoms in total. The Bertz CT molecular complexity index is 1290. The fraction of sp³-hybridized carbons (Fsp3) is 0.160. The number of unbranched alkanes of at least 4 members (excludes halogenated alkanes) is 1. The van der Waals surface area contributed by atoms with E-state index >= 15 is 0 Å². The minimum Gasteiger partial charge on any atom is -0.267 e. The SMILES string of the molecule is CCCCc1nc2ccc(Br)cc2c(=O)n1N=Cc1ccccc1Sc1ccccc1. The van der Waals surface area contributed by atoms with Crippen molar-refractivity contribution in [2.45, 2.75) is 36.0 Å². The average molecular weight is 492 g/mol. The Morgan fingerprint density at radius 1 is 1.06 bits per heavy atom. The molecule has 1 aromatic heterocycles. The number of nitrogens with zero attached hydrogens (tertiary/aromatic N) is 3. The van der Waals surface area contributed by atoms with Crippen molar-refractivity contribution in [2.75, 3.05) is 0 Å². The van der Waals surface area contributed by atoms with Gasteiger partial charge in [0.15, 0.2) is 0 Å². The standard InChI is InChI=1S/C25H22BrN3OS/c1-2-3-13-24-28-22-15-14-19(26)16-21(22)25(30)29(24)27-17-18-9-7-8-12-23(18)31-20-10-5-4-6-11-20/h4-12,14-17H,2-3,13H2,1H3. The Kier molecular flexibility index (Phi) is 6.99. The van der Waals surface area contributed by atoms with Crippen LogP contribution in [-0.4, -0.2) is 15.9 Å². The highest BCUT2D eigenvalue weighted by Crippen LogP contribution is 2.29. The lowest BCUT2D eigenvalue weighted by Crippen LogP contribution is -2.22. The molecule has 0 unspecified atom stereocenters. The summed E-state index contributed by atoms with van der Waals surface area (Å²) in [5, 5.41) is 5.15. The van der Waals surface area contributed by atoms with Crippen LogP contribution in [0.4, 0.5) is 0 Å². The summed E-state index contributed by atoms with van der Waals surface area (Å²) in [5.41, 5.74) is 1.51. The van der Waals surface area contributed by atoms with Gasteiger partial charge in [-0.25, -0.2) is 4.98 Å². The highest BCUT2D eigenvalue weighted by molar-refractivity contribution is 9.10. The van der Waals surface area contributed by atoms with Crippen molar-refractivity contribution >= 4 is 44.8 Å². The minimum absolute atomic E-state index is 0.151. The lowest BCUT2D eigenvalue weighted by molar-refractivity contribution is 0.675. The van der Waals surface area contributed by atoms with Gasteiger partial charge in [0.05, 0.1) is 17.1 Å². The topological polar surface area (TPSA) is 47.2 Å². The van der Waals surface area contributed by atoms with Gasteiger partial charge in [-0.15, -0.1) is 0 Å². The van der Waals surface area contributed by atoms with Gasteiger partial charge in [-0.1, -0.05) is 77.4 Å². The quantitative estimate of drug-likeness (QED) is 0.276. The predicted molar refractivity (Wildman–Crippen MR) is 132 cm³/mol. The van der Waals surface area contributed by atoms with Crippen LogP contribution in [-0.2, 0) is 6.42 Å². The van der Waals surface area contributed by atoms with Crippen LogP contribution < -0.4 is 5.56 Å². The summed E-state index contributed by atoms with van der Waals surface area (Å²) in [6.07, 6.45) is 4.43. The average Bonchev–Trinajstić information content (AvgIpc) is 2.79. The maximum absolute atomic E-state index is 13.2. The number of rotatable bonds is 7. The van der Waals surface area contributed by atoms with Crippen LogP contribution in [0, 0.1) is 0 Å². The first-order chi connectivity index (χ1) is 15.2. The maximum atomic E-state index is 13.2. The van der Waals surface area contributed by atoms with Gasteiger partial charge in [-0.3, -0.25) is 4.79 Å². The second-order valence-electron chi connectivity index (χ2n) is 7.11. The van der Waals surface area contributed by atoms with Crippen molar-refractivity contribution in [3.05, 3.63) is 99.0 Å². The van der Waals surface area contributed by atoms with E-state index in [9.17, 15) is 4.79 Å². The molecule has 0 N–H and O–H groups in total. The number of hydrogen-bond acceptors (Lipinski definition) is 4. The molecule has 0 atom stereocenters. The van der Waals surface area contributed by atoms with Crippen LogP contribution >= 0.6 is 27.7 Å². The van der Waals surface area contributed by atoms with Crippen molar-refractivity contribution in [2.24, 2.45) is 5.10 Å². The minimum atomic E-state index is -0.151. The maximum Gasteiger partial charge on any atom is 0.282 e. The molecule has 0 aliphatic carbocycles. The van der Waals surface area contributed by atoms with Gasteiger partial charge >= 0.3 is 0 Å². The highest BCUT2D eigenvalue weighted by Gasteiger charge is 2.11. The number of halogens is 1. The highest BCUT2D eigenvalue weighted by atomic mass is 79.9. The molecule has 0 aliphatic rings. The molecule has 0 saturated heterocycles. The molecular weight excluding hydrogens is 470 g/mol. The molecule has 0 spiro atoms. The first-order valence-electron chi connectivity index (χ1n) is 10.2. The summed E-state index contributed by atoms with van der Waals surface area (Å²) in [6.45, 7) is 2.13. The lowest BCUT2D eigenvalue weighted by Gasteiger charge is -2.10. The van der Waals surface area contributed by atoms with Crippen molar-refractivity contribution in [3.63, 3.8) is 0 Å². The van der Waals surface area contributed by atoms with Crippen molar-refractivity contribution in [1.29, 1.82) is 0 Å². The van der Waals surface area contributed by atoms with Gasteiger partial charge < -0.3 is 0 Å². The van der Waals surface area contributed by atoms with E-state index in [1.54, 1.807) is 24.0 Å². The van der Waals surface area contributed by atoms with E-state index in [4.69, 9.17) is 4.98 Å². The zero-order chi connectivity index (χ0) is 21.6. The lowest BCUT2D eigenvalue weighted by atomic mass is 10.2. The Morgan fingerprint density at radius 3 is 2.65 bits per heavy atom. The van der Waals surface area contributed by atoms with Crippen molar-refractivity contribution < 1.29 is 0 Å². The van der Waals surface area contributed by atoms with Crippen LogP contribution in [0.25, 0.3) is 10.9 Å². The summed E-state index contributed by atoms with van der Waals surface area (Å²) in [4.78, 5) is 20.2. The molecule has 3 aromatic carbocycles. The smallest absolute Gasteiger partial charge is 0.267 e. The van der Waals surface area contributed by atoms with E-state index in [0.717, 1.165) is 32.7 Å².